The Hall–Kier alpha value is -2.76. The van der Waals surface area contributed by atoms with E-state index in [1.807, 2.05) is 0 Å². The summed E-state index contributed by atoms with van der Waals surface area (Å²) in [6, 6.07) is 22.3. The van der Waals surface area contributed by atoms with Crippen molar-refractivity contribution in [2.75, 3.05) is 0 Å². The predicted molar refractivity (Wildman–Crippen MR) is 98.1 cm³/mol. The minimum Gasteiger partial charge on any atom is -0.395 e. The van der Waals surface area contributed by atoms with E-state index in [1.165, 1.54) is 48.5 Å². The molecule has 28 heavy (non-hydrogen) atoms. The van der Waals surface area contributed by atoms with Gasteiger partial charge in [-0.3, -0.25) is 0 Å². The molecule has 3 aromatic rings. The molecule has 0 aromatic heterocycles. The third kappa shape index (κ3) is 5.38. The number of benzene rings is 3. The fourth-order valence-corrected chi connectivity index (χ4v) is 3.73. The number of phosphoric acid groups is 1. The van der Waals surface area contributed by atoms with E-state index in [2.05, 4.69) is 0 Å². The van der Waals surface area contributed by atoms with Gasteiger partial charge in [-0.2, -0.15) is 13.2 Å². The van der Waals surface area contributed by atoms with Crippen LogP contribution >= 0.6 is 7.82 Å². The second-order valence-electron chi connectivity index (χ2n) is 5.69. The highest BCUT2D eigenvalue weighted by Crippen LogP contribution is 2.55. The summed E-state index contributed by atoms with van der Waals surface area (Å²) >= 11 is 0. The lowest BCUT2D eigenvalue weighted by atomic mass is 10.1. The maximum absolute atomic E-state index is 13.7. The molecule has 146 valence electrons. The van der Waals surface area contributed by atoms with Crippen molar-refractivity contribution in [2.24, 2.45) is 0 Å². The molecule has 0 aliphatic rings. The van der Waals surface area contributed by atoms with Crippen LogP contribution in [0.25, 0.3) is 0 Å². The Labute approximate surface area is 160 Å². The third-order valence-electron chi connectivity index (χ3n) is 3.55. The SMILES string of the molecule is O=P(Oc1ccccc1)(Oc1ccccc1)OC(c1ccccc1)C(F)(F)F. The van der Waals surface area contributed by atoms with E-state index in [0.717, 1.165) is 0 Å². The lowest BCUT2D eigenvalue weighted by molar-refractivity contribution is -0.201. The number of hydrogen-bond donors (Lipinski definition) is 0. The molecule has 0 aliphatic heterocycles. The molecular formula is C20H16F3O4P. The minimum atomic E-state index is -4.84. The molecule has 1 atom stereocenters. The second kappa shape index (κ2) is 8.50. The first-order chi connectivity index (χ1) is 13.4. The number of rotatable bonds is 7. The van der Waals surface area contributed by atoms with Crippen LogP contribution < -0.4 is 9.05 Å². The number of alkyl halides is 3. The van der Waals surface area contributed by atoms with Gasteiger partial charge < -0.3 is 9.05 Å². The Morgan fingerprint density at radius 1 is 0.679 bits per heavy atom. The smallest absolute Gasteiger partial charge is 0.395 e. The van der Waals surface area contributed by atoms with Gasteiger partial charge in [0.1, 0.15) is 11.5 Å². The molecule has 0 fully saturated rings. The van der Waals surface area contributed by atoms with E-state index >= 15 is 0 Å². The molecule has 0 N–H and O–H groups in total. The van der Waals surface area contributed by atoms with Crippen molar-refractivity contribution in [1.29, 1.82) is 0 Å². The highest BCUT2D eigenvalue weighted by Gasteiger charge is 2.48. The van der Waals surface area contributed by atoms with Crippen molar-refractivity contribution >= 4 is 7.82 Å². The normalized spacial score (nSPS) is 13.0. The first kappa shape index (κ1) is 20.0. The molecule has 0 radical (unpaired) electrons. The summed E-state index contributed by atoms with van der Waals surface area (Å²) in [6.07, 6.45) is -7.33. The standard InChI is InChI=1S/C20H16F3O4P/c21-20(22,23)19(16-10-4-1-5-11-16)27-28(24,25-17-12-6-2-7-13-17)26-18-14-8-3-9-15-18/h1-15,19H. The summed E-state index contributed by atoms with van der Waals surface area (Å²) in [6.45, 7) is 0. The Morgan fingerprint density at radius 2 is 1.07 bits per heavy atom. The van der Waals surface area contributed by atoms with Crippen LogP contribution in [0.15, 0.2) is 91.0 Å². The van der Waals surface area contributed by atoms with Gasteiger partial charge in [0.25, 0.3) is 0 Å². The molecular weight excluding hydrogens is 392 g/mol. The van der Waals surface area contributed by atoms with Crippen molar-refractivity contribution in [3.8, 4) is 11.5 Å². The van der Waals surface area contributed by atoms with Crippen LogP contribution in [0.5, 0.6) is 11.5 Å². The predicted octanol–water partition coefficient (Wildman–Crippen LogP) is 6.57. The number of phosphoric ester groups is 1. The third-order valence-corrected chi connectivity index (χ3v) is 4.89. The van der Waals surface area contributed by atoms with Crippen molar-refractivity contribution in [3.63, 3.8) is 0 Å². The summed E-state index contributed by atoms with van der Waals surface area (Å²) in [5.41, 5.74) is -0.219. The lowest BCUT2D eigenvalue weighted by Gasteiger charge is -2.26. The van der Waals surface area contributed by atoms with Crippen LogP contribution in [0.3, 0.4) is 0 Å². The van der Waals surface area contributed by atoms with Crippen LogP contribution in [0.4, 0.5) is 13.2 Å². The maximum Gasteiger partial charge on any atom is 0.588 e. The Balaban J connectivity index is 1.96. The summed E-state index contributed by atoms with van der Waals surface area (Å²) in [4.78, 5) is 0. The van der Waals surface area contributed by atoms with Crippen molar-refractivity contribution < 1.29 is 31.3 Å². The van der Waals surface area contributed by atoms with Crippen LogP contribution in [0, 0.1) is 0 Å². The van der Waals surface area contributed by atoms with Crippen LogP contribution in [-0.2, 0) is 9.09 Å². The molecule has 4 nitrogen and oxygen atoms in total. The zero-order valence-electron chi connectivity index (χ0n) is 14.5. The van der Waals surface area contributed by atoms with E-state index < -0.39 is 20.1 Å². The lowest BCUT2D eigenvalue weighted by Crippen LogP contribution is -2.24. The zero-order chi connectivity index (χ0) is 20.0. The topological polar surface area (TPSA) is 44.8 Å². The zero-order valence-corrected chi connectivity index (χ0v) is 15.3. The van der Waals surface area contributed by atoms with Crippen LogP contribution in [0.2, 0.25) is 0 Å². The van der Waals surface area contributed by atoms with E-state index in [-0.39, 0.29) is 17.1 Å². The molecule has 0 bridgehead atoms. The summed E-state index contributed by atoms with van der Waals surface area (Å²) in [5.74, 6) is 0.103. The second-order valence-corrected chi connectivity index (χ2v) is 7.16. The molecule has 0 saturated heterocycles. The van der Waals surface area contributed by atoms with Gasteiger partial charge in [0.15, 0.2) is 6.10 Å². The molecule has 0 amide bonds. The van der Waals surface area contributed by atoms with E-state index in [0.29, 0.717) is 0 Å². The monoisotopic (exact) mass is 408 g/mol. The van der Waals surface area contributed by atoms with Crippen LogP contribution in [0.1, 0.15) is 11.7 Å². The highest BCUT2D eigenvalue weighted by atomic mass is 31.2. The minimum absolute atomic E-state index is 0.0516. The summed E-state index contributed by atoms with van der Waals surface area (Å²) < 4.78 is 69.7. The van der Waals surface area contributed by atoms with Crippen LogP contribution in [-0.4, -0.2) is 6.18 Å². The molecule has 0 spiro atoms. The molecule has 3 rings (SSSR count). The first-order valence-corrected chi connectivity index (χ1v) is 9.71. The molecule has 3 aromatic carbocycles. The summed E-state index contributed by atoms with van der Waals surface area (Å²) in [5, 5.41) is 0. The Kier molecular flexibility index (Phi) is 6.07. The molecule has 8 heteroatoms. The molecule has 0 saturated carbocycles. The van der Waals surface area contributed by atoms with Gasteiger partial charge in [0, 0.05) is 0 Å². The fraction of sp³-hybridized carbons (Fsp3) is 0.100. The average Bonchev–Trinajstić information content (AvgIpc) is 2.67. The van der Waals surface area contributed by atoms with E-state index in [9.17, 15) is 17.7 Å². The van der Waals surface area contributed by atoms with E-state index in [4.69, 9.17) is 13.6 Å². The maximum atomic E-state index is 13.7. The largest absolute Gasteiger partial charge is 0.588 e. The Morgan fingerprint density at radius 3 is 1.46 bits per heavy atom. The Bertz CT molecular complexity index is 873. The van der Waals surface area contributed by atoms with Gasteiger partial charge in [-0.25, -0.2) is 9.09 Å². The molecule has 0 aliphatic carbocycles. The molecule has 1 unspecified atom stereocenters. The van der Waals surface area contributed by atoms with Gasteiger partial charge in [-0.05, 0) is 29.8 Å². The average molecular weight is 408 g/mol. The van der Waals surface area contributed by atoms with Crippen molar-refractivity contribution in [3.05, 3.63) is 96.6 Å². The quantitative estimate of drug-likeness (QED) is 0.415. The number of halogens is 3. The fourth-order valence-electron chi connectivity index (χ4n) is 2.35. The van der Waals surface area contributed by atoms with Crippen molar-refractivity contribution in [1.82, 2.24) is 0 Å². The van der Waals surface area contributed by atoms with Gasteiger partial charge in [-0.15, -0.1) is 0 Å². The number of para-hydroxylation sites is 2. The van der Waals surface area contributed by atoms with Gasteiger partial charge in [-0.1, -0.05) is 66.7 Å². The van der Waals surface area contributed by atoms with Gasteiger partial charge >= 0.3 is 14.0 Å². The van der Waals surface area contributed by atoms with Gasteiger partial charge in [0.05, 0.1) is 0 Å². The highest BCUT2D eigenvalue weighted by molar-refractivity contribution is 7.49. The number of hydrogen-bond acceptors (Lipinski definition) is 4. The molecule has 0 heterocycles. The first-order valence-electron chi connectivity index (χ1n) is 8.25. The van der Waals surface area contributed by atoms with Gasteiger partial charge in [0.2, 0.25) is 0 Å². The summed E-state index contributed by atoms with van der Waals surface area (Å²) in [7, 11) is -4.70. The van der Waals surface area contributed by atoms with Crippen molar-refractivity contribution in [2.45, 2.75) is 12.3 Å². The van der Waals surface area contributed by atoms with E-state index in [1.54, 1.807) is 42.5 Å².